The lowest BCUT2D eigenvalue weighted by molar-refractivity contribution is 0.473. The molecule has 2 rings (SSSR count). The first-order valence-corrected chi connectivity index (χ1v) is 6.54. The number of nitrogens with one attached hydrogen (secondary N) is 1. The lowest BCUT2D eigenvalue weighted by Gasteiger charge is -2.08. The van der Waals surface area contributed by atoms with Crippen molar-refractivity contribution in [1.29, 1.82) is 0 Å². The van der Waals surface area contributed by atoms with Crippen LogP contribution in [-0.4, -0.2) is 13.5 Å². The van der Waals surface area contributed by atoms with Gasteiger partial charge in [0.25, 0.3) is 10.0 Å². The molecule has 0 atom stereocenters. The van der Waals surface area contributed by atoms with Gasteiger partial charge >= 0.3 is 0 Å². The first-order valence-electron chi connectivity index (χ1n) is 5.05. The zero-order valence-electron chi connectivity index (χ0n) is 9.17. The second-order valence-electron chi connectivity index (χ2n) is 3.58. The van der Waals surface area contributed by atoms with Crippen LogP contribution in [0.25, 0.3) is 0 Å². The van der Waals surface area contributed by atoms with Crippen LogP contribution in [0.2, 0.25) is 0 Å². The quantitative estimate of drug-likeness (QED) is 0.897. The number of halogens is 1. The van der Waals surface area contributed by atoms with Crippen molar-refractivity contribution < 1.29 is 17.9 Å². The van der Waals surface area contributed by atoms with Crippen LogP contribution in [0.5, 0.6) is 5.75 Å². The van der Waals surface area contributed by atoms with Gasteiger partial charge in [0, 0.05) is 6.07 Å². The van der Waals surface area contributed by atoms with Gasteiger partial charge in [0.2, 0.25) is 0 Å². The average molecular weight is 267 g/mol. The van der Waals surface area contributed by atoms with Crippen molar-refractivity contribution in [2.75, 3.05) is 4.72 Å². The molecule has 0 radical (unpaired) electrons. The number of phenolic OH excluding ortho intramolecular Hbond substituents is 1. The summed E-state index contributed by atoms with van der Waals surface area (Å²) in [4.78, 5) is -0.134. The van der Waals surface area contributed by atoms with E-state index in [9.17, 15) is 17.9 Å². The van der Waals surface area contributed by atoms with E-state index in [1.165, 1.54) is 36.4 Å². The van der Waals surface area contributed by atoms with Gasteiger partial charge in [-0.3, -0.25) is 4.72 Å². The maximum absolute atomic E-state index is 13.3. The fourth-order valence-electron chi connectivity index (χ4n) is 1.40. The van der Waals surface area contributed by atoms with Gasteiger partial charge in [0.15, 0.2) is 0 Å². The van der Waals surface area contributed by atoms with Crippen molar-refractivity contribution in [3.8, 4) is 5.75 Å². The summed E-state index contributed by atoms with van der Waals surface area (Å²) in [7, 11) is -3.91. The molecule has 0 heterocycles. The zero-order valence-corrected chi connectivity index (χ0v) is 9.99. The van der Waals surface area contributed by atoms with Crippen molar-refractivity contribution in [3.05, 3.63) is 54.3 Å². The summed E-state index contributed by atoms with van der Waals surface area (Å²) in [5, 5.41) is 9.23. The molecular weight excluding hydrogens is 257 g/mol. The van der Waals surface area contributed by atoms with Crippen molar-refractivity contribution in [2.45, 2.75) is 4.90 Å². The molecule has 2 N–H and O–H groups in total. The van der Waals surface area contributed by atoms with Crippen molar-refractivity contribution in [2.24, 2.45) is 0 Å². The molecule has 0 fully saturated rings. The molecular formula is C12H10FNO3S. The molecule has 0 aliphatic rings. The smallest absolute Gasteiger partial charge is 0.262 e. The van der Waals surface area contributed by atoms with Crippen LogP contribution in [-0.2, 0) is 10.0 Å². The fourth-order valence-corrected chi connectivity index (χ4v) is 2.50. The Morgan fingerprint density at radius 2 is 1.78 bits per heavy atom. The first kappa shape index (κ1) is 12.4. The summed E-state index contributed by atoms with van der Waals surface area (Å²) in [6, 6.07) is 10.6. The number of aromatic hydroxyl groups is 1. The van der Waals surface area contributed by atoms with E-state index in [4.69, 9.17) is 0 Å². The van der Waals surface area contributed by atoms with Gasteiger partial charge in [-0.1, -0.05) is 18.2 Å². The molecule has 0 unspecified atom stereocenters. The molecule has 6 heteroatoms. The third kappa shape index (κ3) is 2.60. The minimum absolute atomic E-state index is 0.134. The van der Waals surface area contributed by atoms with E-state index in [1.807, 2.05) is 0 Å². The molecule has 0 aliphatic carbocycles. The number of para-hydroxylation sites is 1. The molecule has 0 aliphatic heterocycles. The number of hydrogen-bond acceptors (Lipinski definition) is 3. The van der Waals surface area contributed by atoms with E-state index in [-0.39, 0.29) is 16.3 Å². The predicted molar refractivity (Wildman–Crippen MR) is 65.3 cm³/mol. The summed E-state index contributed by atoms with van der Waals surface area (Å²) < 4.78 is 39.3. The molecule has 0 saturated heterocycles. The molecule has 94 valence electrons. The van der Waals surface area contributed by atoms with Crippen LogP contribution in [0.3, 0.4) is 0 Å². The Morgan fingerprint density at radius 3 is 2.44 bits per heavy atom. The van der Waals surface area contributed by atoms with Crippen molar-refractivity contribution in [1.82, 2.24) is 0 Å². The highest BCUT2D eigenvalue weighted by Gasteiger charge is 2.16. The Balaban J connectivity index is 2.37. The van der Waals surface area contributed by atoms with Gasteiger partial charge in [0.1, 0.15) is 11.6 Å². The standard InChI is InChI=1S/C12H10FNO3S/c13-11-6-1-2-7-12(11)14-18(16,17)10-5-3-4-9(15)8-10/h1-8,14-15H. The number of rotatable bonds is 3. The average Bonchev–Trinajstić information content (AvgIpc) is 2.32. The monoisotopic (exact) mass is 267 g/mol. The zero-order chi connectivity index (χ0) is 13.2. The summed E-state index contributed by atoms with van der Waals surface area (Å²) >= 11 is 0. The van der Waals surface area contributed by atoms with E-state index in [0.29, 0.717) is 0 Å². The fraction of sp³-hybridized carbons (Fsp3) is 0. The molecule has 0 bridgehead atoms. The van der Waals surface area contributed by atoms with E-state index >= 15 is 0 Å². The van der Waals surface area contributed by atoms with Gasteiger partial charge in [0.05, 0.1) is 10.6 Å². The SMILES string of the molecule is O=S(=O)(Nc1ccccc1F)c1cccc(O)c1. The minimum Gasteiger partial charge on any atom is -0.508 e. The molecule has 4 nitrogen and oxygen atoms in total. The molecule has 2 aromatic rings. The summed E-state index contributed by atoms with van der Waals surface area (Å²) in [6.45, 7) is 0. The minimum atomic E-state index is -3.91. The number of sulfonamides is 1. The molecule has 0 aromatic heterocycles. The highest BCUT2D eigenvalue weighted by molar-refractivity contribution is 7.92. The summed E-state index contributed by atoms with van der Waals surface area (Å²) in [5.41, 5.74) is -0.138. The second-order valence-corrected chi connectivity index (χ2v) is 5.27. The third-order valence-electron chi connectivity index (χ3n) is 2.25. The highest BCUT2D eigenvalue weighted by atomic mass is 32.2. The number of hydrogen-bond donors (Lipinski definition) is 2. The van der Waals surface area contributed by atoms with Crippen LogP contribution in [0.4, 0.5) is 10.1 Å². The van der Waals surface area contributed by atoms with Crippen LogP contribution in [0, 0.1) is 5.82 Å². The van der Waals surface area contributed by atoms with Gasteiger partial charge in [-0.05, 0) is 24.3 Å². The molecule has 0 spiro atoms. The Hall–Kier alpha value is -2.08. The van der Waals surface area contributed by atoms with Gasteiger partial charge in [-0.15, -0.1) is 0 Å². The van der Waals surface area contributed by atoms with Gasteiger partial charge < -0.3 is 5.11 Å². The van der Waals surface area contributed by atoms with Crippen LogP contribution in [0.1, 0.15) is 0 Å². The molecule has 0 saturated carbocycles. The van der Waals surface area contributed by atoms with Crippen LogP contribution in [0.15, 0.2) is 53.4 Å². The predicted octanol–water partition coefficient (Wildman–Crippen LogP) is 2.33. The van der Waals surface area contributed by atoms with E-state index < -0.39 is 15.8 Å². The third-order valence-corrected chi connectivity index (χ3v) is 3.61. The van der Waals surface area contributed by atoms with Crippen molar-refractivity contribution in [3.63, 3.8) is 0 Å². The first-order chi connectivity index (χ1) is 8.49. The Labute approximate surface area is 104 Å². The summed E-state index contributed by atoms with van der Waals surface area (Å²) in [5.74, 6) is -0.840. The maximum atomic E-state index is 13.3. The summed E-state index contributed by atoms with van der Waals surface area (Å²) in [6.07, 6.45) is 0. The van der Waals surface area contributed by atoms with Gasteiger partial charge in [-0.25, -0.2) is 12.8 Å². The Morgan fingerprint density at radius 1 is 1.06 bits per heavy atom. The molecule has 18 heavy (non-hydrogen) atoms. The van der Waals surface area contributed by atoms with E-state index in [2.05, 4.69) is 4.72 Å². The van der Waals surface area contributed by atoms with E-state index in [0.717, 1.165) is 12.1 Å². The van der Waals surface area contributed by atoms with Crippen LogP contribution >= 0.6 is 0 Å². The Bertz CT molecular complexity index is 671. The molecule has 2 aromatic carbocycles. The lowest BCUT2D eigenvalue weighted by Crippen LogP contribution is -2.13. The lowest BCUT2D eigenvalue weighted by atomic mass is 10.3. The van der Waals surface area contributed by atoms with Gasteiger partial charge in [-0.2, -0.15) is 0 Å². The number of phenols is 1. The van der Waals surface area contributed by atoms with E-state index in [1.54, 1.807) is 0 Å². The second kappa shape index (κ2) is 4.66. The number of benzene rings is 2. The van der Waals surface area contributed by atoms with Crippen molar-refractivity contribution >= 4 is 15.7 Å². The molecule has 0 amide bonds. The van der Waals surface area contributed by atoms with Crippen LogP contribution < -0.4 is 4.72 Å². The normalized spacial score (nSPS) is 11.2. The largest absolute Gasteiger partial charge is 0.508 e. The Kier molecular flexibility index (Phi) is 3.20. The highest BCUT2D eigenvalue weighted by Crippen LogP contribution is 2.21. The number of anilines is 1. The topological polar surface area (TPSA) is 66.4 Å². The maximum Gasteiger partial charge on any atom is 0.262 e.